The first kappa shape index (κ1) is 29.5. The van der Waals surface area contributed by atoms with Crippen LogP contribution in [0.3, 0.4) is 0 Å². The van der Waals surface area contributed by atoms with E-state index in [4.69, 9.17) is 20.8 Å². The normalized spacial score (nSPS) is 11.5. The minimum atomic E-state index is -3.90. The van der Waals surface area contributed by atoms with Crippen molar-refractivity contribution in [1.82, 2.24) is 15.0 Å². The van der Waals surface area contributed by atoms with Crippen LogP contribution >= 0.6 is 11.6 Å². The number of rotatable bonds is 11. The van der Waals surface area contributed by atoms with E-state index in [1.54, 1.807) is 43.5 Å². The van der Waals surface area contributed by atoms with E-state index in [9.17, 15) is 18.0 Å². The first-order valence-electron chi connectivity index (χ1n) is 12.4. The highest BCUT2D eigenvalue weighted by molar-refractivity contribution is 7.89. The number of carbonyl (C=O) groups is 2. The zero-order chi connectivity index (χ0) is 29.2. The molecule has 0 fully saturated rings. The van der Waals surface area contributed by atoms with Crippen LogP contribution in [0.25, 0.3) is 0 Å². The smallest absolute Gasteiger partial charge is 0.329 e. The second kappa shape index (κ2) is 13.8. The Morgan fingerprint density at radius 1 is 0.902 bits per heavy atom. The maximum atomic E-state index is 13.5. The van der Waals surface area contributed by atoms with Gasteiger partial charge in [0.1, 0.15) is 17.3 Å². The van der Waals surface area contributed by atoms with Gasteiger partial charge < -0.3 is 14.5 Å². The van der Waals surface area contributed by atoms with Gasteiger partial charge in [0.25, 0.3) is 0 Å². The van der Waals surface area contributed by atoms with Gasteiger partial charge in [-0.1, -0.05) is 54.1 Å². The maximum Gasteiger partial charge on any atom is 0.329 e. The van der Waals surface area contributed by atoms with E-state index in [2.05, 4.69) is 15.8 Å². The molecule has 0 saturated carbocycles. The number of amides is 2. The highest BCUT2D eigenvalue weighted by atomic mass is 35.5. The van der Waals surface area contributed by atoms with E-state index in [0.717, 1.165) is 11.1 Å². The van der Waals surface area contributed by atoms with Gasteiger partial charge in [0.05, 0.1) is 24.8 Å². The molecule has 0 unspecified atom stereocenters. The fraction of sp³-hybridized carbons (Fsp3) is 0.138. The molecule has 10 nitrogen and oxygen atoms in total. The maximum absolute atomic E-state index is 13.5. The number of benzene rings is 3. The average molecular weight is 595 g/mol. The van der Waals surface area contributed by atoms with E-state index >= 15 is 0 Å². The molecule has 1 aromatic heterocycles. The Morgan fingerprint density at radius 2 is 1.61 bits per heavy atom. The summed E-state index contributed by atoms with van der Waals surface area (Å²) in [6, 6.07) is 25.3. The monoisotopic (exact) mass is 594 g/mol. The Hall–Kier alpha value is -4.45. The van der Waals surface area contributed by atoms with E-state index in [1.165, 1.54) is 34.8 Å². The molecule has 2 N–H and O–H groups in total. The van der Waals surface area contributed by atoms with Crippen molar-refractivity contribution in [2.24, 2.45) is 5.10 Å². The zero-order valence-electron chi connectivity index (χ0n) is 22.0. The molecule has 212 valence electrons. The van der Waals surface area contributed by atoms with Gasteiger partial charge in [0, 0.05) is 18.1 Å². The summed E-state index contributed by atoms with van der Waals surface area (Å²) in [6.07, 6.45) is 1.22. The minimum absolute atomic E-state index is 0.0617. The molecule has 0 atom stereocenters. The minimum Gasteiger partial charge on any atom is -0.497 e. The molecule has 0 aliphatic rings. The highest BCUT2D eigenvalue weighted by Crippen LogP contribution is 2.23. The number of hydrogen-bond donors (Lipinski definition) is 2. The number of methoxy groups -OCH3 is 1. The Bertz CT molecular complexity index is 1610. The quantitative estimate of drug-likeness (QED) is 0.153. The van der Waals surface area contributed by atoms with Gasteiger partial charge in [-0.2, -0.15) is 9.41 Å². The third kappa shape index (κ3) is 8.27. The summed E-state index contributed by atoms with van der Waals surface area (Å²) in [5, 5.41) is 6.69. The Labute approximate surface area is 242 Å². The van der Waals surface area contributed by atoms with Crippen LogP contribution in [0.4, 0.5) is 0 Å². The lowest BCUT2D eigenvalue weighted by Crippen LogP contribution is -2.37. The Balaban J connectivity index is 1.37. The predicted octanol–water partition coefficient (Wildman–Crippen LogP) is 4.10. The number of ether oxygens (including phenoxy) is 1. The number of nitrogens with one attached hydrogen (secondary N) is 2. The molecule has 3 aromatic carbocycles. The lowest BCUT2D eigenvalue weighted by Gasteiger charge is -2.21. The zero-order valence-corrected chi connectivity index (χ0v) is 23.6. The molecule has 4 aromatic rings. The van der Waals surface area contributed by atoms with Crippen molar-refractivity contribution in [1.29, 1.82) is 0 Å². The third-order valence-corrected chi connectivity index (χ3v) is 7.90. The summed E-state index contributed by atoms with van der Waals surface area (Å²) in [7, 11) is -2.34. The van der Waals surface area contributed by atoms with Crippen LogP contribution in [-0.4, -0.2) is 37.9 Å². The summed E-state index contributed by atoms with van der Waals surface area (Å²) in [4.78, 5) is 24.2. The van der Waals surface area contributed by atoms with Gasteiger partial charge in [-0.15, -0.1) is 0 Å². The van der Waals surface area contributed by atoms with Gasteiger partial charge in [0.15, 0.2) is 0 Å². The van der Waals surface area contributed by atoms with Crippen molar-refractivity contribution < 1.29 is 27.2 Å². The van der Waals surface area contributed by atoms with Gasteiger partial charge in [-0.3, -0.25) is 9.59 Å². The first-order valence-corrected chi connectivity index (χ1v) is 14.2. The molecular weight excluding hydrogens is 568 g/mol. The highest BCUT2D eigenvalue weighted by Gasteiger charge is 2.26. The molecular formula is C29H27ClN4O6S. The van der Waals surface area contributed by atoms with Crippen LogP contribution in [-0.2, 0) is 39.2 Å². The van der Waals surface area contributed by atoms with Gasteiger partial charge in [-0.25, -0.2) is 13.8 Å². The second-order valence-electron chi connectivity index (χ2n) is 8.75. The van der Waals surface area contributed by atoms with Gasteiger partial charge in [-0.05, 0) is 59.7 Å². The lowest BCUT2D eigenvalue weighted by molar-refractivity contribution is -0.139. The lowest BCUT2D eigenvalue weighted by atomic mass is 10.2. The molecule has 0 spiro atoms. The average Bonchev–Trinajstić information content (AvgIpc) is 3.43. The van der Waals surface area contributed by atoms with E-state index in [1.807, 2.05) is 30.3 Å². The Morgan fingerprint density at radius 3 is 2.29 bits per heavy atom. The molecule has 2 amide bonds. The van der Waals surface area contributed by atoms with Crippen LogP contribution < -0.4 is 15.5 Å². The number of carbonyl (C=O) groups excluding carboxylic acids is 2. The van der Waals surface area contributed by atoms with Crippen molar-refractivity contribution in [3.63, 3.8) is 0 Å². The molecule has 4 rings (SSSR count). The number of hydrazone groups is 1. The van der Waals surface area contributed by atoms with Crippen molar-refractivity contribution in [3.8, 4) is 5.75 Å². The summed E-state index contributed by atoms with van der Waals surface area (Å²) >= 11 is 5.94. The molecule has 0 bridgehead atoms. The van der Waals surface area contributed by atoms with Crippen LogP contribution in [0, 0.1) is 0 Å². The SMILES string of the molecule is COc1ccc(CNC(=O)C(=O)N/N=C/c2ccc(CN(Cc3ccccc3)S(=O)(=O)c3ccc(Cl)cc3)o2)cc1. The molecule has 1 heterocycles. The number of furan rings is 1. The fourth-order valence-electron chi connectivity index (χ4n) is 3.70. The van der Waals surface area contributed by atoms with Crippen molar-refractivity contribution >= 4 is 39.7 Å². The van der Waals surface area contributed by atoms with E-state index in [0.29, 0.717) is 16.5 Å². The number of sulfonamides is 1. The standard InChI is InChI=1S/C29H27ClN4O6S/c1-39-24-11-7-21(8-12-24)17-31-28(35)29(36)33-32-18-25-13-14-26(40-25)20-34(19-22-5-3-2-4-6-22)41(37,38)27-15-9-23(30)10-16-27/h2-16,18H,17,19-20H2,1H3,(H,31,35)(H,33,36)/b32-18+. The fourth-order valence-corrected chi connectivity index (χ4v) is 5.22. The van der Waals surface area contributed by atoms with Gasteiger partial charge in [0.2, 0.25) is 10.0 Å². The number of hydrogen-bond acceptors (Lipinski definition) is 7. The van der Waals surface area contributed by atoms with Crippen molar-refractivity contribution in [2.75, 3.05) is 7.11 Å². The summed E-state index contributed by atoms with van der Waals surface area (Å²) in [5.74, 6) is -0.530. The molecule has 41 heavy (non-hydrogen) atoms. The largest absolute Gasteiger partial charge is 0.497 e. The summed E-state index contributed by atoms with van der Waals surface area (Å²) in [6.45, 7) is 0.200. The van der Waals surface area contributed by atoms with Crippen molar-refractivity contribution in [3.05, 3.63) is 119 Å². The molecule has 0 aliphatic carbocycles. The van der Waals surface area contributed by atoms with Crippen LogP contribution in [0.5, 0.6) is 5.75 Å². The van der Waals surface area contributed by atoms with Crippen LogP contribution in [0.2, 0.25) is 5.02 Å². The summed E-state index contributed by atoms with van der Waals surface area (Å²) < 4.78 is 39.0. The van der Waals surface area contributed by atoms with Crippen LogP contribution in [0.1, 0.15) is 22.6 Å². The Kier molecular flexibility index (Phi) is 9.91. The van der Waals surface area contributed by atoms with E-state index in [-0.39, 0.29) is 30.3 Å². The number of nitrogens with zero attached hydrogens (tertiary/aromatic N) is 2. The first-order chi connectivity index (χ1) is 19.7. The molecule has 12 heteroatoms. The van der Waals surface area contributed by atoms with Gasteiger partial charge >= 0.3 is 11.8 Å². The third-order valence-electron chi connectivity index (χ3n) is 5.84. The van der Waals surface area contributed by atoms with E-state index < -0.39 is 21.8 Å². The molecule has 0 saturated heterocycles. The topological polar surface area (TPSA) is 130 Å². The van der Waals surface area contributed by atoms with Crippen molar-refractivity contribution in [2.45, 2.75) is 24.5 Å². The number of halogens is 1. The molecule has 0 aliphatic heterocycles. The molecule has 0 radical (unpaired) electrons. The predicted molar refractivity (Wildman–Crippen MR) is 154 cm³/mol. The second-order valence-corrected chi connectivity index (χ2v) is 11.1. The van der Waals surface area contributed by atoms with Crippen LogP contribution in [0.15, 0.2) is 105 Å². The summed E-state index contributed by atoms with van der Waals surface area (Å²) in [5.41, 5.74) is 3.73.